The van der Waals surface area contributed by atoms with Crippen LogP contribution in [0.25, 0.3) is 0 Å². The molecule has 0 spiro atoms. The second-order valence-electron chi connectivity index (χ2n) is 7.14. The molecule has 1 aromatic carbocycles. The molecule has 0 saturated carbocycles. The third kappa shape index (κ3) is 4.28. The van der Waals surface area contributed by atoms with Gasteiger partial charge in [-0.15, -0.1) is 0 Å². The van der Waals surface area contributed by atoms with Gasteiger partial charge in [-0.3, -0.25) is 4.79 Å². The molecular formula is C19H30N4O3S. The van der Waals surface area contributed by atoms with Gasteiger partial charge in [-0.05, 0) is 44.0 Å². The Hall–Kier alpha value is -1.64. The van der Waals surface area contributed by atoms with E-state index in [-0.39, 0.29) is 16.7 Å². The first kappa shape index (κ1) is 20.1. The van der Waals surface area contributed by atoms with Crippen molar-refractivity contribution in [3.05, 3.63) is 18.2 Å². The van der Waals surface area contributed by atoms with E-state index in [2.05, 4.69) is 15.5 Å². The summed E-state index contributed by atoms with van der Waals surface area (Å²) in [6.45, 7) is 7.86. The molecule has 1 amide bonds. The maximum absolute atomic E-state index is 12.9. The van der Waals surface area contributed by atoms with E-state index >= 15 is 0 Å². The molecule has 2 aliphatic rings. The fourth-order valence-corrected chi connectivity index (χ4v) is 5.32. The molecular weight excluding hydrogens is 364 g/mol. The highest BCUT2D eigenvalue weighted by Gasteiger charge is 2.27. The highest BCUT2D eigenvalue weighted by Crippen LogP contribution is 2.33. The second-order valence-corrected chi connectivity index (χ2v) is 9.08. The molecule has 2 N–H and O–H groups in total. The zero-order valence-corrected chi connectivity index (χ0v) is 17.0. The van der Waals surface area contributed by atoms with Crippen LogP contribution in [-0.2, 0) is 14.8 Å². The van der Waals surface area contributed by atoms with E-state index < -0.39 is 10.0 Å². The van der Waals surface area contributed by atoms with Gasteiger partial charge in [-0.2, -0.15) is 4.31 Å². The number of rotatable bonds is 7. The fourth-order valence-electron chi connectivity index (χ4n) is 3.84. The molecule has 0 radical (unpaired) electrons. The maximum Gasteiger partial charge on any atom is 0.243 e. The number of sulfonamides is 1. The summed E-state index contributed by atoms with van der Waals surface area (Å²) in [5, 5.41) is 6.21. The molecule has 2 saturated heterocycles. The molecule has 27 heavy (non-hydrogen) atoms. The quantitative estimate of drug-likeness (QED) is 0.738. The molecule has 8 heteroatoms. The van der Waals surface area contributed by atoms with Crippen molar-refractivity contribution in [2.45, 2.75) is 38.0 Å². The predicted octanol–water partition coefficient (Wildman–Crippen LogP) is 1.87. The maximum atomic E-state index is 12.9. The number of nitrogens with one attached hydrogen (secondary N) is 2. The van der Waals surface area contributed by atoms with Gasteiger partial charge in [0.2, 0.25) is 15.9 Å². The van der Waals surface area contributed by atoms with Gasteiger partial charge in [0.25, 0.3) is 0 Å². The molecule has 1 aromatic rings. The van der Waals surface area contributed by atoms with Gasteiger partial charge >= 0.3 is 0 Å². The van der Waals surface area contributed by atoms with E-state index in [1.807, 2.05) is 19.9 Å². The molecule has 0 aromatic heterocycles. The SMILES string of the molecule is CCN(CC)S(=O)(=O)c1ccc(N2CCCC2)c(NC(=O)C2CCNC2)c1. The van der Waals surface area contributed by atoms with E-state index in [4.69, 9.17) is 0 Å². The third-order valence-corrected chi connectivity index (χ3v) is 7.49. The minimum atomic E-state index is -3.57. The van der Waals surface area contributed by atoms with E-state index in [0.717, 1.165) is 44.6 Å². The Balaban J connectivity index is 1.94. The molecule has 2 heterocycles. The second kappa shape index (κ2) is 8.58. The summed E-state index contributed by atoms with van der Waals surface area (Å²) in [4.78, 5) is 15.1. The molecule has 2 aliphatic heterocycles. The molecule has 150 valence electrons. The molecule has 0 aliphatic carbocycles. The highest BCUT2D eigenvalue weighted by atomic mass is 32.2. The molecule has 7 nitrogen and oxygen atoms in total. The van der Waals surface area contributed by atoms with Crippen molar-refractivity contribution in [3.63, 3.8) is 0 Å². The number of hydrogen-bond donors (Lipinski definition) is 2. The van der Waals surface area contributed by atoms with Crippen LogP contribution in [0.5, 0.6) is 0 Å². The Morgan fingerprint density at radius 1 is 1.26 bits per heavy atom. The van der Waals surface area contributed by atoms with E-state index in [1.165, 1.54) is 4.31 Å². The van der Waals surface area contributed by atoms with Gasteiger partial charge in [-0.25, -0.2) is 8.42 Å². The lowest BCUT2D eigenvalue weighted by atomic mass is 10.1. The number of carbonyl (C=O) groups is 1. The van der Waals surface area contributed by atoms with Gasteiger partial charge in [0, 0.05) is 32.7 Å². The summed E-state index contributed by atoms with van der Waals surface area (Å²) in [5.41, 5.74) is 1.51. The van der Waals surface area contributed by atoms with Crippen molar-refractivity contribution in [1.29, 1.82) is 0 Å². The summed E-state index contributed by atoms with van der Waals surface area (Å²) < 4.78 is 27.3. The lowest BCUT2D eigenvalue weighted by molar-refractivity contribution is -0.119. The first-order valence-corrected chi connectivity index (χ1v) is 11.3. The summed E-state index contributed by atoms with van der Waals surface area (Å²) >= 11 is 0. The zero-order chi connectivity index (χ0) is 19.4. The Bertz CT molecular complexity index is 765. The van der Waals surface area contributed by atoms with Crippen LogP contribution in [0.1, 0.15) is 33.1 Å². The lowest BCUT2D eigenvalue weighted by Gasteiger charge is -2.24. The van der Waals surface area contributed by atoms with Gasteiger partial charge in [-0.1, -0.05) is 13.8 Å². The summed E-state index contributed by atoms with van der Waals surface area (Å²) in [6.07, 6.45) is 3.03. The standard InChI is InChI=1S/C19H30N4O3S/c1-3-23(4-2)27(25,26)16-7-8-18(22-11-5-6-12-22)17(13-16)21-19(24)15-9-10-20-14-15/h7-8,13,15,20H,3-6,9-12,14H2,1-2H3,(H,21,24). The first-order valence-electron chi connectivity index (χ1n) is 9.88. The van der Waals surface area contributed by atoms with E-state index in [9.17, 15) is 13.2 Å². The number of amides is 1. The minimum absolute atomic E-state index is 0.0437. The van der Waals surface area contributed by atoms with Crippen LogP contribution in [0.3, 0.4) is 0 Å². The lowest BCUT2D eigenvalue weighted by Crippen LogP contribution is -2.31. The van der Waals surface area contributed by atoms with Gasteiger partial charge in [0.15, 0.2) is 0 Å². The van der Waals surface area contributed by atoms with Crippen molar-refractivity contribution in [2.75, 3.05) is 49.5 Å². The number of nitrogens with zero attached hydrogens (tertiary/aromatic N) is 2. The average Bonchev–Trinajstić information content (AvgIpc) is 3.36. The van der Waals surface area contributed by atoms with Crippen molar-refractivity contribution < 1.29 is 13.2 Å². The van der Waals surface area contributed by atoms with Crippen LogP contribution >= 0.6 is 0 Å². The number of hydrogen-bond acceptors (Lipinski definition) is 5. The monoisotopic (exact) mass is 394 g/mol. The normalized spacial score (nSPS) is 20.4. The van der Waals surface area contributed by atoms with Crippen molar-refractivity contribution >= 4 is 27.3 Å². The first-order chi connectivity index (χ1) is 13.0. The molecule has 2 fully saturated rings. The summed E-state index contributed by atoms with van der Waals surface area (Å²) in [7, 11) is -3.57. The fraction of sp³-hybridized carbons (Fsp3) is 0.632. The Kier molecular flexibility index (Phi) is 6.39. The van der Waals surface area contributed by atoms with Gasteiger partial charge in [0.1, 0.15) is 0 Å². The Labute approximate surface area is 162 Å². The largest absolute Gasteiger partial charge is 0.370 e. The van der Waals surface area contributed by atoms with Crippen LogP contribution < -0.4 is 15.5 Å². The van der Waals surface area contributed by atoms with Gasteiger partial charge in [0.05, 0.1) is 22.2 Å². The molecule has 3 rings (SSSR count). The zero-order valence-electron chi connectivity index (χ0n) is 16.2. The predicted molar refractivity (Wildman–Crippen MR) is 108 cm³/mol. The summed E-state index contributed by atoms with van der Waals surface area (Å²) in [5.74, 6) is -0.114. The third-order valence-electron chi connectivity index (χ3n) is 5.45. The van der Waals surface area contributed by atoms with E-state index in [1.54, 1.807) is 12.1 Å². The van der Waals surface area contributed by atoms with Crippen molar-refractivity contribution in [2.24, 2.45) is 5.92 Å². The van der Waals surface area contributed by atoms with Crippen LogP contribution in [0.4, 0.5) is 11.4 Å². The minimum Gasteiger partial charge on any atom is -0.370 e. The van der Waals surface area contributed by atoms with E-state index in [0.29, 0.717) is 25.3 Å². The van der Waals surface area contributed by atoms with Crippen LogP contribution in [-0.4, -0.2) is 57.9 Å². The smallest absolute Gasteiger partial charge is 0.243 e. The summed E-state index contributed by atoms with van der Waals surface area (Å²) in [6, 6.07) is 5.12. The van der Waals surface area contributed by atoms with Crippen LogP contribution in [0.2, 0.25) is 0 Å². The van der Waals surface area contributed by atoms with Crippen LogP contribution in [0, 0.1) is 5.92 Å². The number of carbonyl (C=O) groups excluding carboxylic acids is 1. The number of anilines is 2. The molecule has 0 bridgehead atoms. The molecule has 1 atom stereocenters. The topological polar surface area (TPSA) is 81.8 Å². The Morgan fingerprint density at radius 2 is 1.96 bits per heavy atom. The van der Waals surface area contributed by atoms with Crippen LogP contribution in [0.15, 0.2) is 23.1 Å². The highest BCUT2D eigenvalue weighted by molar-refractivity contribution is 7.89. The Morgan fingerprint density at radius 3 is 2.56 bits per heavy atom. The van der Waals surface area contributed by atoms with Crippen molar-refractivity contribution in [1.82, 2.24) is 9.62 Å². The molecule has 1 unspecified atom stereocenters. The van der Waals surface area contributed by atoms with Crippen molar-refractivity contribution in [3.8, 4) is 0 Å². The number of benzene rings is 1. The average molecular weight is 395 g/mol. The van der Waals surface area contributed by atoms with Gasteiger partial charge < -0.3 is 15.5 Å².